The summed E-state index contributed by atoms with van der Waals surface area (Å²) >= 11 is 7.59. The van der Waals surface area contributed by atoms with E-state index < -0.39 is 0 Å². The molecule has 0 saturated carbocycles. The van der Waals surface area contributed by atoms with Crippen molar-refractivity contribution in [3.63, 3.8) is 0 Å². The lowest BCUT2D eigenvalue weighted by Gasteiger charge is -2.07. The Labute approximate surface area is 132 Å². The Balaban J connectivity index is 2.06. The molecule has 108 valence electrons. The predicted octanol–water partition coefficient (Wildman–Crippen LogP) is 2.98. The quantitative estimate of drug-likeness (QED) is 0.855. The maximum Gasteiger partial charge on any atom is 0.253 e. The molecule has 0 spiro atoms. The summed E-state index contributed by atoms with van der Waals surface area (Å²) in [5, 5.41) is 13.9. The Morgan fingerprint density at radius 1 is 1.43 bits per heavy atom. The number of nitrogens with one attached hydrogen (secondary N) is 1. The molecule has 0 aliphatic rings. The van der Waals surface area contributed by atoms with Crippen LogP contribution in [0.4, 0.5) is 0 Å². The second-order valence-electron chi connectivity index (χ2n) is 4.38. The van der Waals surface area contributed by atoms with Crippen molar-refractivity contribution in [1.82, 2.24) is 5.32 Å². The second kappa shape index (κ2) is 7.28. The number of halogens is 1. The van der Waals surface area contributed by atoms with Crippen LogP contribution in [0.1, 0.15) is 26.4 Å². The first-order valence-electron chi connectivity index (χ1n) is 6.32. The van der Waals surface area contributed by atoms with Gasteiger partial charge in [0.15, 0.2) is 0 Å². The molecule has 0 saturated heterocycles. The number of aryl methyl sites for hydroxylation is 1. The van der Waals surface area contributed by atoms with Gasteiger partial charge >= 0.3 is 0 Å². The number of aliphatic hydroxyl groups excluding tert-OH is 1. The van der Waals surface area contributed by atoms with E-state index in [0.29, 0.717) is 17.1 Å². The van der Waals surface area contributed by atoms with Crippen LogP contribution in [0, 0.1) is 18.8 Å². The summed E-state index contributed by atoms with van der Waals surface area (Å²) in [5.74, 6) is 5.25. The Hall–Kier alpha value is -1.80. The highest BCUT2D eigenvalue weighted by Gasteiger charge is 2.11. The first-order valence-corrected chi connectivity index (χ1v) is 7.58. The van der Waals surface area contributed by atoms with Crippen LogP contribution in [0.3, 0.4) is 0 Å². The molecule has 3 nitrogen and oxygen atoms in total. The lowest BCUT2D eigenvalue weighted by Crippen LogP contribution is -2.23. The van der Waals surface area contributed by atoms with Crippen molar-refractivity contribution in [2.75, 3.05) is 6.61 Å². The molecule has 0 aliphatic heterocycles. The van der Waals surface area contributed by atoms with E-state index in [0.717, 1.165) is 16.0 Å². The molecule has 0 atom stereocenters. The Morgan fingerprint density at radius 2 is 2.24 bits per heavy atom. The van der Waals surface area contributed by atoms with E-state index in [1.807, 2.05) is 24.4 Å². The molecule has 5 heteroatoms. The molecule has 1 heterocycles. The van der Waals surface area contributed by atoms with E-state index in [4.69, 9.17) is 16.7 Å². The molecule has 1 aromatic carbocycles. The largest absolute Gasteiger partial charge is 0.384 e. The average Bonchev–Trinajstić information content (AvgIpc) is 2.90. The van der Waals surface area contributed by atoms with Gasteiger partial charge in [0.2, 0.25) is 0 Å². The number of carbonyl (C=O) groups is 1. The lowest BCUT2D eigenvalue weighted by atomic mass is 10.1. The van der Waals surface area contributed by atoms with E-state index in [9.17, 15) is 4.79 Å². The van der Waals surface area contributed by atoms with E-state index >= 15 is 0 Å². The van der Waals surface area contributed by atoms with Gasteiger partial charge in [-0.2, -0.15) is 0 Å². The molecule has 0 fully saturated rings. The molecule has 2 aromatic rings. The summed E-state index contributed by atoms with van der Waals surface area (Å²) in [6.07, 6.45) is 0. The highest BCUT2D eigenvalue weighted by atomic mass is 35.5. The maximum atomic E-state index is 12.1. The number of amides is 1. The number of thiophene rings is 1. The SMILES string of the molecule is Cc1ccc(C(=O)NCc2sccc2C#CCO)c(Cl)c1. The molecular formula is C16H14ClNO2S. The Kier molecular flexibility index (Phi) is 5.40. The number of carbonyl (C=O) groups excluding carboxylic acids is 1. The number of benzene rings is 1. The number of rotatable bonds is 3. The van der Waals surface area contributed by atoms with Crippen LogP contribution in [-0.2, 0) is 6.54 Å². The van der Waals surface area contributed by atoms with Gasteiger partial charge in [-0.3, -0.25) is 4.79 Å². The summed E-state index contributed by atoms with van der Waals surface area (Å²) < 4.78 is 0. The van der Waals surface area contributed by atoms with Gasteiger partial charge in [0.05, 0.1) is 17.1 Å². The second-order valence-corrected chi connectivity index (χ2v) is 5.79. The molecule has 0 unspecified atom stereocenters. The summed E-state index contributed by atoms with van der Waals surface area (Å²) in [6, 6.07) is 7.20. The summed E-state index contributed by atoms with van der Waals surface area (Å²) in [5.41, 5.74) is 2.29. The van der Waals surface area contributed by atoms with Crippen molar-refractivity contribution in [1.29, 1.82) is 0 Å². The first kappa shape index (κ1) is 15.6. The summed E-state index contributed by atoms with van der Waals surface area (Å²) in [6.45, 7) is 2.13. The maximum absolute atomic E-state index is 12.1. The fourth-order valence-electron chi connectivity index (χ4n) is 1.78. The van der Waals surface area contributed by atoms with E-state index in [1.54, 1.807) is 12.1 Å². The molecule has 0 aliphatic carbocycles. The minimum absolute atomic E-state index is 0.180. The molecule has 1 aromatic heterocycles. The van der Waals surface area contributed by atoms with Gasteiger partial charge in [0, 0.05) is 10.4 Å². The summed E-state index contributed by atoms with van der Waals surface area (Å²) in [4.78, 5) is 13.1. The number of hydrogen-bond acceptors (Lipinski definition) is 3. The minimum atomic E-state index is -0.213. The van der Waals surface area contributed by atoms with Crippen LogP contribution in [0.15, 0.2) is 29.6 Å². The fraction of sp³-hybridized carbons (Fsp3) is 0.188. The minimum Gasteiger partial charge on any atom is -0.384 e. The van der Waals surface area contributed by atoms with Crippen molar-refractivity contribution in [2.45, 2.75) is 13.5 Å². The zero-order chi connectivity index (χ0) is 15.2. The predicted molar refractivity (Wildman–Crippen MR) is 85.6 cm³/mol. The van der Waals surface area contributed by atoms with E-state index in [-0.39, 0.29) is 12.5 Å². The summed E-state index contributed by atoms with van der Waals surface area (Å²) in [7, 11) is 0. The van der Waals surface area contributed by atoms with Crippen LogP contribution in [0.5, 0.6) is 0 Å². The van der Waals surface area contributed by atoms with Gasteiger partial charge in [-0.15, -0.1) is 11.3 Å². The monoisotopic (exact) mass is 319 g/mol. The molecule has 1 amide bonds. The van der Waals surface area contributed by atoms with Crippen molar-refractivity contribution >= 4 is 28.8 Å². The van der Waals surface area contributed by atoms with Gasteiger partial charge in [-0.05, 0) is 36.1 Å². The smallest absolute Gasteiger partial charge is 0.253 e. The van der Waals surface area contributed by atoms with Crippen LogP contribution in [0.2, 0.25) is 5.02 Å². The molecule has 0 bridgehead atoms. The first-order chi connectivity index (χ1) is 10.1. The van der Waals surface area contributed by atoms with Crippen molar-refractivity contribution in [2.24, 2.45) is 0 Å². The topological polar surface area (TPSA) is 49.3 Å². The van der Waals surface area contributed by atoms with Gasteiger partial charge in [-0.25, -0.2) is 0 Å². The molecular weight excluding hydrogens is 306 g/mol. The van der Waals surface area contributed by atoms with Gasteiger partial charge in [0.1, 0.15) is 6.61 Å². The normalized spacial score (nSPS) is 9.86. The third kappa shape index (κ3) is 4.08. The van der Waals surface area contributed by atoms with Crippen molar-refractivity contribution in [3.05, 3.63) is 56.2 Å². The molecule has 0 radical (unpaired) electrons. The van der Waals surface area contributed by atoms with E-state index in [2.05, 4.69) is 17.2 Å². The van der Waals surface area contributed by atoms with Crippen molar-refractivity contribution in [3.8, 4) is 11.8 Å². The zero-order valence-electron chi connectivity index (χ0n) is 11.4. The van der Waals surface area contributed by atoms with Crippen LogP contribution in [0.25, 0.3) is 0 Å². The molecule has 2 N–H and O–H groups in total. The molecule has 2 rings (SSSR count). The zero-order valence-corrected chi connectivity index (χ0v) is 13.0. The van der Waals surface area contributed by atoms with E-state index in [1.165, 1.54) is 11.3 Å². The van der Waals surface area contributed by atoms with Crippen LogP contribution >= 0.6 is 22.9 Å². The van der Waals surface area contributed by atoms with Crippen LogP contribution < -0.4 is 5.32 Å². The molecule has 21 heavy (non-hydrogen) atoms. The highest BCUT2D eigenvalue weighted by Crippen LogP contribution is 2.19. The van der Waals surface area contributed by atoms with Crippen LogP contribution in [-0.4, -0.2) is 17.6 Å². The highest BCUT2D eigenvalue weighted by molar-refractivity contribution is 7.10. The lowest BCUT2D eigenvalue weighted by molar-refractivity contribution is 0.0951. The Bertz CT molecular complexity index is 713. The number of aliphatic hydroxyl groups is 1. The van der Waals surface area contributed by atoms with Gasteiger partial charge < -0.3 is 10.4 Å². The Morgan fingerprint density at radius 3 is 2.95 bits per heavy atom. The average molecular weight is 320 g/mol. The van der Waals surface area contributed by atoms with Gasteiger partial charge in [0.25, 0.3) is 5.91 Å². The third-order valence-electron chi connectivity index (χ3n) is 2.83. The standard InChI is InChI=1S/C16H14ClNO2S/c1-11-4-5-13(14(17)9-11)16(20)18-10-15-12(3-2-7-19)6-8-21-15/h4-6,8-9,19H,7,10H2,1H3,(H,18,20). The fourth-order valence-corrected chi connectivity index (χ4v) is 2.87. The third-order valence-corrected chi connectivity index (χ3v) is 4.06. The van der Waals surface area contributed by atoms with Crippen molar-refractivity contribution < 1.29 is 9.90 Å². The van der Waals surface area contributed by atoms with Gasteiger partial charge in [-0.1, -0.05) is 29.5 Å². The number of hydrogen-bond donors (Lipinski definition) is 2.